The van der Waals surface area contributed by atoms with E-state index in [1.54, 1.807) is 12.1 Å². The predicted octanol–water partition coefficient (Wildman–Crippen LogP) is 1.83. The molecule has 21 heavy (non-hydrogen) atoms. The molecule has 0 spiro atoms. The maximum atomic E-state index is 12.3. The number of non-ortho nitro benzene ring substituents is 1. The van der Waals surface area contributed by atoms with Crippen molar-refractivity contribution in [2.45, 2.75) is 4.90 Å². The first-order valence-corrected chi connectivity index (χ1v) is 7.31. The smallest absolute Gasteiger partial charge is 0.271 e. The van der Waals surface area contributed by atoms with Gasteiger partial charge in [0.2, 0.25) is 0 Å². The van der Waals surface area contributed by atoms with E-state index < -0.39 is 14.9 Å². The van der Waals surface area contributed by atoms with Crippen molar-refractivity contribution >= 4 is 27.1 Å². The van der Waals surface area contributed by atoms with Crippen LogP contribution >= 0.6 is 0 Å². The molecule has 110 valence electrons. The molecule has 0 fully saturated rings. The summed E-state index contributed by atoms with van der Waals surface area (Å²) < 4.78 is 27.0. The van der Waals surface area contributed by atoms with Crippen LogP contribution in [-0.4, -0.2) is 25.4 Å². The molecule has 8 nitrogen and oxygen atoms in total. The summed E-state index contributed by atoms with van der Waals surface area (Å²) in [5, 5.41) is 13.4. The van der Waals surface area contributed by atoms with E-state index in [0.29, 0.717) is 5.69 Å². The third kappa shape index (κ3) is 3.26. The van der Waals surface area contributed by atoms with Crippen molar-refractivity contribution in [3.8, 4) is 0 Å². The standard InChI is InChI=1S/C12H12N4O4S/c1-13-11-7-10(16(17)18)4-5-12(11)21(19,20)15-9-3-2-6-14-8-9/h2-8,13,15H,1H3. The Morgan fingerprint density at radius 2 is 2.05 bits per heavy atom. The second-order valence-electron chi connectivity index (χ2n) is 4.03. The third-order valence-corrected chi connectivity index (χ3v) is 4.09. The first-order valence-electron chi connectivity index (χ1n) is 5.83. The van der Waals surface area contributed by atoms with Crippen LogP contribution in [0.5, 0.6) is 0 Å². The van der Waals surface area contributed by atoms with Crippen LogP contribution in [0.2, 0.25) is 0 Å². The number of pyridine rings is 1. The molecule has 2 rings (SSSR count). The lowest BCUT2D eigenvalue weighted by Gasteiger charge is -2.11. The van der Waals surface area contributed by atoms with Crippen molar-refractivity contribution in [2.24, 2.45) is 0 Å². The van der Waals surface area contributed by atoms with Crippen molar-refractivity contribution in [3.63, 3.8) is 0 Å². The molecule has 0 aliphatic carbocycles. The van der Waals surface area contributed by atoms with Crippen molar-refractivity contribution < 1.29 is 13.3 Å². The average molecular weight is 308 g/mol. The van der Waals surface area contributed by atoms with Crippen molar-refractivity contribution in [2.75, 3.05) is 17.1 Å². The number of nitro groups is 1. The summed E-state index contributed by atoms with van der Waals surface area (Å²) in [5.41, 5.74) is 0.248. The highest BCUT2D eigenvalue weighted by Crippen LogP contribution is 2.27. The van der Waals surface area contributed by atoms with E-state index in [1.165, 1.54) is 25.5 Å². The summed E-state index contributed by atoms with van der Waals surface area (Å²) in [4.78, 5) is 13.9. The van der Waals surface area contributed by atoms with Gasteiger partial charge in [-0.1, -0.05) is 0 Å². The minimum atomic E-state index is -3.87. The zero-order valence-electron chi connectivity index (χ0n) is 11.0. The number of rotatable bonds is 5. The normalized spacial score (nSPS) is 10.9. The van der Waals surface area contributed by atoms with Gasteiger partial charge < -0.3 is 5.32 Å². The van der Waals surface area contributed by atoms with Gasteiger partial charge in [0.05, 0.1) is 22.5 Å². The number of hydrogen-bond acceptors (Lipinski definition) is 6. The van der Waals surface area contributed by atoms with Crippen LogP contribution in [-0.2, 0) is 10.0 Å². The van der Waals surface area contributed by atoms with Gasteiger partial charge in [-0.2, -0.15) is 0 Å². The van der Waals surface area contributed by atoms with Gasteiger partial charge in [0, 0.05) is 25.4 Å². The highest BCUT2D eigenvalue weighted by atomic mass is 32.2. The molecular formula is C12H12N4O4S. The van der Waals surface area contributed by atoms with Gasteiger partial charge in [-0.3, -0.25) is 19.8 Å². The molecule has 1 aromatic heterocycles. The van der Waals surface area contributed by atoms with Gasteiger partial charge in [-0.05, 0) is 18.2 Å². The number of anilines is 2. The van der Waals surface area contributed by atoms with Crippen LogP contribution in [0.15, 0.2) is 47.6 Å². The van der Waals surface area contributed by atoms with Gasteiger partial charge in [0.1, 0.15) is 4.90 Å². The Balaban J connectivity index is 2.42. The maximum Gasteiger partial charge on any atom is 0.271 e. The van der Waals surface area contributed by atoms with Crippen LogP contribution in [0.1, 0.15) is 0 Å². The van der Waals surface area contributed by atoms with Gasteiger partial charge in [-0.15, -0.1) is 0 Å². The Morgan fingerprint density at radius 1 is 1.29 bits per heavy atom. The number of benzene rings is 1. The Kier molecular flexibility index (Phi) is 4.03. The van der Waals surface area contributed by atoms with Crippen LogP contribution in [0, 0.1) is 10.1 Å². The molecule has 0 radical (unpaired) electrons. The molecule has 0 unspecified atom stereocenters. The summed E-state index contributed by atoms with van der Waals surface area (Å²) in [7, 11) is -2.39. The number of aromatic nitrogens is 1. The van der Waals surface area contributed by atoms with E-state index in [9.17, 15) is 18.5 Å². The quantitative estimate of drug-likeness (QED) is 0.643. The van der Waals surface area contributed by atoms with Gasteiger partial charge >= 0.3 is 0 Å². The SMILES string of the molecule is CNc1cc([N+](=O)[O-])ccc1S(=O)(=O)Nc1cccnc1. The fraction of sp³-hybridized carbons (Fsp3) is 0.0833. The van der Waals surface area contributed by atoms with Gasteiger partial charge in [0.25, 0.3) is 15.7 Å². The fourth-order valence-electron chi connectivity index (χ4n) is 1.69. The van der Waals surface area contributed by atoms with E-state index in [2.05, 4.69) is 15.0 Å². The highest BCUT2D eigenvalue weighted by molar-refractivity contribution is 7.92. The molecule has 0 saturated carbocycles. The summed E-state index contributed by atoms with van der Waals surface area (Å²) in [5.74, 6) is 0. The lowest BCUT2D eigenvalue weighted by atomic mass is 10.3. The molecule has 0 bridgehead atoms. The lowest BCUT2D eigenvalue weighted by Crippen LogP contribution is -2.15. The Hall–Kier alpha value is -2.68. The summed E-state index contributed by atoms with van der Waals surface area (Å²) in [6.07, 6.45) is 2.88. The van der Waals surface area contributed by atoms with Crippen molar-refractivity contribution in [1.29, 1.82) is 0 Å². The largest absolute Gasteiger partial charge is 0.387 e. The zero-order chi connectivity index (χ0) is 15.5. The monoisotopic (exact) mass is 308 g/mol. The van der Waals surface area contributed by atoms with E-state index in [0.717, 1.165) is 12.1 Å². The van der Waals surface area contributed by atoms with Gasteiger partial charge in [-0.25, -0.2) is 8.42 Å². The minimum Gasteiger partial charge on any atom is -0.387 e. The number of hydrogen-bond donors (Lipinski definition) is 2. The molecule has 0 atom stereocenters. The molecule has 9 heteroatoms. The van der Waals surface area contributed by atoms with E-state index in [4.69, 9.17) is 0 Å². The van der Waals surface area contributed by atoms with Crippen LogP contribution < -0.4 is 10.0 Å². The highest BCUT2D eigenvalue weighted by Gasteiger charge is 2.21. The second kappa shape index (κ2) is 5.75. The van der Waals surface area contributed by atoms with E-state index in [-0.39, 0.29) is 16.3 Å². The first-order chi connectivity index (χ1) is 9.94. The molecule has 0 aliphatic heterocycles. The Morgan fingerprint density at radius 3 is 2.62 bits per heavy atom. The molecule has 0 amide bonds. The molecule has 1 aromatic carbocycles. The van der Waals surface area contributed by atoms with Crippen LogP contribution in [0.3, 0.4) is 0 Å². The van der Waals surface area contributed by atoms with Crippen LogP contribution in [0.4, 0.5) is 17.1 Å². The molecule has 2 aromatic rings. The zero-order valence-corrected chi connectivity index (χ0v) is 11.8. The summed E-state index contributed by atoms with van der Waals surface area (Å²) >= 11 is 0. The first kappa shape index (κ1) is 14.7. The number of nitrogens with zero attached hydrogens (tertiary/aromatic N) is 2. The van der Waals surface area contributed by atoms with Gasteiger partial charge in [0.15, 0.2) is 0 Å². The van der Waals surface area contributed by atoms with Crippen molar-refractivity contribution in [1.82, 2.24) is 4.98 Å². The predicted molar refractivity (Wildman–Crippen MR) is 77.7 cm³/mol. The topological polar surface area (TPSA) is 114 Å². The second-order valence-corrected chi connectivity index (χ2v) is 5.69. The summed E-state index contributed by atoms with van der Waals surface area (Å²) in [6, 6.07) is 6.63. The molecule has 0 saturated heterocycles. The maximum absolute atomic E-state index is 12.3. The number of nitrogens with one attached hydrogen (secondary N) is 2. The molecule has 2 N–H and O–H groups in total. The lowest BCUT2D eigenvalue weighted by molar-refractivity contribution is -0.384. The summed E-state index contributed by atoms with van der Waals surface area (Å²) in [6.45, 7) is 0. The number of sulfonamides is 1. The molecular weight excluding hydrogens is 296 g/mol. The average Bonchev–Trinajstić information content (AvgIpc) is 2.47. The molecule has 1 heterocycles. The Bertz CT molecular complexity index is 762. The van der Waals surface area contributed by atoms with E-state index in [1.807, 2.05) is 0 Å². The third-order valence-electron chi connectivity index (χ3n) is 2.65. The van der Waals surface area contributed by atoms with Crippen molar-refractivity contribution in [3.05, 3.63) is 52.8 Å². The fourth-order valence-corrected chi connectivity index (χ4v) is 2.93. The molecule has 0 aliphatic rings. The number of nitro benzene ring substituents is 1. The van der Waals surface area contributed by atoms with E-state index >= 15 is 0 Å². The Labute approximate surface area is 121 Å². The van der Waals surface area contributed by atoms with Crippen LogP contribution in [0.25, 0.3) is 0 Å². The minimum absolute atomic E-state index is 0.0838.